The van der Waals surface area contributed by atoms with Crippen LogP contribution >= 0.6 is 0 Å². The molecule has 0 radical (unpaired) electrons. The Bertz CT molecular complexity index is 806. The van der Waals surface area contributed by atoms with E-state index in [2.05, 4.69) is 18.0 Å². The molecular weight excluding hydrogens is 350 g/mol. The van der Waals surface area contributed by atoms with Crippen LogP contribution in [-0.2, 0) is 16.6 Å². The first-order chi connectivity index (χ1) is 12.8. The number of piperidine rings is 1. The number of phenols is 1. The van der Waals surface area contributed by atoms with Crippen LogP contribution in [0.2, 0.25) is 0 Å². The van der Waals surface area contributed by atoms with Gasteiger partial charge in [0.05, 0.1) is 0 Å². The van der Waals surface area contributed by atoms with Crippen LogP contribution in [0.25, 0.3) is 0 Å². The molecule has 2 bridgehead atoms. The Morgan fingerprint density at radius 1 is 1.37 bits per heavy atom. The van der Waals surface area contributed by atoms with Crippen molar-refractivity contribution in [2.75, 3.05) is 13.6 Å². The molecular formula is C20H25NO6. The minimum absolute atomic E-state index is 0.160. The molecule has 0 saturated carbocycles. The van der Waals surface area contributed by atoms with E-state index in [4.69, 9.17) is 14.9 Å². The number of nitrogens with zero attached hydrogens (tertiary/aromatic N) is 1. The van der Waals surface area contributed by atoms with E-state index >= 15 is 0 Å². The molecule has 1 fully saturated rings. The Morgan fingerprint density at radius 3 is 2.74 bits per heavy atom. The molecule has 7 nitrogen and oxygen atoms in total. The average molecular weight is 375 g/mol. The van der Waals surface area contributed by atoms with Crippen molar-refractivity contribution in [2.45, 2.75) is 49.5 Å². The van der Waals surface area contributed by atoms with Crippen LogP contribution < -0.4 is 4.74 Å². The number of aliphatic carboxylic acids is 1. The van der Waals surface area contributed by atoms with E-state index in [0.717, 1.165) is 19.4 Å². The maximum Gasteiger partial charge on any atom is 0.332 e. The molecule has 27 heavy (non-hydrogen) atoms. The number of aromatic hydroxyl groups is 1. The van der Waals surface area contributed by atoms with Gasteiger partial charge < -0.3 is 30.1 Å². The Labute approximate surface area is 157 Å². The van der Waals surface area contributed by atoms with Gasteiger partial charge in [-0.15, -0.1) is 0 Å². The summed E-state index contributed by atoms with van der Waals surface area (Å²) in [6.07, 6.45) is 3.95. The number of ether oxygens (including phenoxy) is 1. The van der Waals surface area contributed by atoms with Gasteiger partial charge >= 0.3 is 5.97 Å². The van der Waals surface area contributed by atoms with Gasteiger partial charge in [0.15, 0.2) is 11.5 Å². The van der Waals surface area contributed by atoms with Crippen molar-refractivity contribution in [1.29, 1.82) is 0 Å². The number of rotatable bonds is 1. The third-order valence-electron chi connectivity index (χ3n) is 6.51. The number of carbonyl (C=O) groups is 1. The maximum atomic E-state index is 10.4. The lowest BCUT2D eigenvalue weighted by atomic mass is 9.53. The minimum atomic E-state index is -1.23. The third kappa shape index (κ3) is 2.49. The summed E-state index contributed by atoms with van der Waals surface area (Å²) < 4.78 is 6.09. The molecule has 2 aliphatic heterocycles. The van der Waals surface area contributed by atoms with E-state index in [0.29, 0.717) is 17.7 Å². The zero-order valence-corrected chi connectivity index (χ0v) is 15.4. The van der Waals surface area contributed by atoms with E-state index < -0.39 is 18.2 Å². The molecule has 2 aliphatic carbocycles. The highest BCUT2D eigenvalue weighted by molar-refractivity contribution is 5.71. The van der Waals surface area contributed by atoms with Gasteiger partial charge in [-0.2, -0.15) is 0 Å². The number of phenolic OH excluding ortho intramolecular Hbond substituents is 1. The molecule has 1 unspecified atom stereocenters. The zero-order valence-electron chi connectivity index (χ0n) is 15.4. The molecule has 146 valence electrons. The van der Waals surface area contributed by atoms with Crippen molar-refractivity contribution in [1.82, 2.24) is 4.90 Å². The van der Waals surface area contributed by atoms with Gasteiger partial charge in [0, 0.05) is 22.9 Å². The molecule has 0 amide bonds. The van der Waals surface area contributed by atoms with Crippen molar-refractivity contribution in [3.05, 3.63) is 35.4 Å². The van der Waals surface area contributed by atoms with Crippen molar-refractivity contribution in [3.63, 3.8) is 0 Å². The van der Waals surface area contributed by atoms with Gasteiger partial charge in [-0.05, 0) is 45.0 Å². The first-order valence-electron chi connectivity index (χ1n) is 9.27. The van der Waals surface area contributed by atoms with Crippen molar-refractivity contribution in [2.24, 2.45) is 5.92 Å². The number of hydrogen-bond donors (Lipinski definition) is 4. The van der Waals surface area contributed by atoms with Crippen molar-refractivity contribution in [3.8, 4) is 11.5 Å². The van der Waals surface area contributed by atoms with Crippen LogP contribution in [0, 0.1) is 5.92 Å². The van der Waals surface area contributed by atoms with Crippen molar-refractivity contribution < 1.29 is 30.0 Å². The molecule has 6 atom stereocenters. The van der Waals surface area contributed by atoms with E-state index in [1.54, 1.807) is 6.07 Å². The summed E-state index contributed by atoms with van der Waals surface area (Å²) in [7, 11) is 2.19. The molecule has 5 rings (SSSR count). The van der Waals surface area contributed by atoms with Gasteiger partial charge in [-0.25, -0.2) is 4.79 Å². The number of carboxylic acid groups (broad SMARTS) is 1. The highest BCUT2D eigenvalue weighted by atomic mass is 16.5. The average Bonchev–Trinajstić information content (AvgIpc) is 2.98. The second-order valence-corrected chi connectivity index (χ2v) is 7.94. The van der Waals surface area contributed by atoms with Crippen LogP contribution in [-0.4, -0.2) is 69.2 Å². The number of likely N-dealkylation sites (tertiary alicyclic amines) is 1. The summed E-state index contributed by atoms with van der Waals surface area (Å²) in [6, 6.07) is 4.23. The zero-order chi connectivity index (χ0) is 19.5. The normalized spacial score (nSPS) is 36.1. The Hall–Kier alpha value is -2.09. The van der Waals surface area contributed by atoms with E-state index in [9.17, 15) is 15.0 Å². The van der Waals surface area contributed by atoms with Gasteiger partial charge in [0.1, 0.15) is 18.3 Å². The molecule has 1 aromatic rings. The predicted octanol–water partition coefficient (Wildman–Crippen LogP) is 0.650. The summed E-state index contributed by atoms with van der Waals surface area (Å²) in [5.41, 5.74) is 2.29. The Kier molecular flexibility index (Phi) is 4.21. The SMILES string of the molecule is CC(O)C(=O)O.CN1CC[C@]23c4c5ccc(O)c4O[C@H]2[C@@H](O)C=C[C@H]3[C@H]1C5. The monoisotopic (exact) mass is 375 g/mol. The smallest absolute Gasteiger partial charge is 0.332 e. The molecule has 1 spiro atoms. The number of hydrogen-bond acceptors (Lipinski definition) is 6. The topological polar surface area (TPSA) is 110 Å². The predicted molar refractivity (Wildman–Crippen MR) is 96.9 cm³/mol. The quantitative estimate of drug-likeness (QED) is 0.534. The maximum absolute atomic E-state index is 10.4. The molecule has 7 heteroatoms. The minimum Gasteiger partial charge on any atom is -0.504 e. The number of likely N-dealkylation sites (N-methyl/N-ethyl adjacent to an activating group) is 1. The number of aliphatic hydroxyl groups excluding tert-OH is 2. The van der Waals surface area contributed by atoms with Crippen molar-refractivity contribution >= 4 is 5.97 Å². The Morgan fingerprint density at radius 2 is 2.07 bits per heavy atom. The summed E-state index contributed by atoms with van der Waals surface area (Å²) in [4.78, 5) is 11.9. The fourth-order valence-electron chi connectivity index (χ4n) is 5.24. The fraction of sp³-hybridized carbons (Fsp3) is 0.550. The van der Waals surface area contributed by atoms with Gasteiger partial charge in [-0.1, -0.05) is 18.2 Å². The first-order valence-corrected chi connectivity index (χ1v) is 9.27. The molecule has 4 N–H and O–H groups in total. The summed E-state index contributed by atoms with van der Waals surface area (Å²) in [6.45, 7) is 2.21. The van der Waals surface area contributed by atoms with E-state index in [1.807, 2.05) is 12.1 Å². The van der Waals surface area contributed by atoms with Crippen LogP contribution in [0.4, 0.5) is 0 Å². The van der Waals surface area contributed by atoms with E-state index in [-0.39, 0.29) is 17.3 Å². The molecule has 1 aromatic carbocycles. The largest absolute Gasteiger partial charge is 0.504 e. The number of aliphatic hydroxyl groups is 2. The summed E-state index contributed by atoms with van der Waals surface area (Å²) in [5, 5.41) is 36.4. The van der Waals surface area contributed by atoms with Gasteiger partial charge in [0.25, 0.3) is 0 Å². The molecule has 4 aliphatic rings. The Balaban J connectivity index is 0.000000264. The van der Waals surface area contributed by atoms with Crippen LogP contribution in [0.5, 0.6) is 11.5 Å². The standard InChI is InChI=1S/C17H19NO3.C3H6O3/c1-18-7-6-17-10-3-5-13(20)16(17)21-15-12(19)4-2-9(14(15)17)8-11(10)18;1-2(4)3(5)6/h2-5,10-11,13,16,19-20H,6-8H2,1H3;2,4H,1H3,(H,5,6)/t10-,11+,13-,16-,17-;/m0./s1. The highest BCUT2D eigenvalue weighted by Gasteiger charge is 2.64. The lowest BCUT2D eigenvalue weighted by Gasteiger charge is -2.56. The second-order valence-electron chi connectivity index (χ2n) is 7.94. The summed E-state index contributed by atoms with van der Waals surface area (Å²) >= 11 is 0. The first kappa shape index (κ1) is 18.3. The number of benzene rings is 1. The fourth-order valence-corrected chi connectivity index (χ4v) is 5.24. The van der Waals surface area contributed by atoms with Gasteiger partial charge in [-0.3, -0.25) is 0 Å². The molecule has 0 aromatic heterocycles. The van der Waals surface area contributed by atoms with Gasteiger partial charge in [0.2, 0.25) is 0 Å². The van der Waals surface area contributed by atoms with Crippen LogP contribution in [0.15, 0.2) is 24.3 Å². The lowest BCUT2D eigenvalue weighted by molar-refractivity contribution is -0.145. The number of carboxylic acids is 1. The molecule has 1 saturated heterocycles. The van der Waals surface area contributed by atoms with E-state index in [1.165, 1.54) is 18.1 Å². The molecule has 2 heterocycles. The second kappa shape index (κ2) is 6.22. The van der Waals surface area contributed by atoms with Crippen LogP contribution in [0.3, 0.4) is 0 Å². The highest BCUT2D eigenvalue weighted by Crippen LogP contribution is 2.62. The summed E-state index contributed by atoms with van der Waals surface area (Å²) in [5.74, 6) is 0.00399. The van der Waals surface area contributed by atoms with Crippen LogP contribution in [0.1, 0.15) is 24.5 Å². The lowest BCUT2D eigenvalue weighted by Crippen LogP contribution is -2.64. The third-order valence-corrected chi connectivity index (χ3v) is 6.51.